The third kappa shape index (κ3) is 15.0. The first-order chi connectivity index (χ1) is 13.6. The minimum absolute atomic E-state index is 0.143. The summed E-state index contributed by atoms with van der Waals surface area (Å²) >= 11 is 0. The summed E-state index contributed by atoms with van der Waals surface area (Å²) in [5.74, 6) is 0.143. The van der Waals surface area contributed by atoms with Crippen molar-refractivity contribution in [2.24, 2.45) is 45.9 Å². The van der Waals surface area contributed by atoms with Crippen LogP contribution in [0.4, 0.5) is 0 Å². The molecule has 0 radical (unpaired) electrons. The van der Waals surface area contributed by atoms with E-state index in [1.165, 1.54) is 36.5 Å². The molecule has 16 N–H and O–H groups in total. The highest BCUT2D eigenvalue weighted by Gasteiger charge is 2.19. The molecule has 0 aromatic carbocycles. The van der Waals surface area contributed by atoms with Crippen molar-refractivity contribution in [3.63, 3.8) is 0 Å². The maximum absolute atomic E-state index is 10.9. The Morgan fingerprint density at radius 3 is 1.30 bits per heavy atom. The molecule has 0 aliphatic carbocycles. The Hall–Kier alpha value is -1.95. The molecule has 0 heterocycles. The van der Waals surface area contributed by atoms with Gasteiger partial charge < -0.3 is 50.7 Å². The fraction of sp³-hybridized carbons (Fsp3) is 0.476. The molecule has 0 saturated carbocycles. The molecule has 0 rings (SSSR count). The lowest BCUT2D eigenvalue weighted by Crippen LogP contribution is -2.52. The standard InChI is InChI=1S/C21H40N8O/c1-3-4-9-18(22,23)11-13-20(26,27)15-16-21(28,29)14-12-19(24,25)10-7-5-6-8-17(2)30/h4,7,9-16H,3,5-6,8,22-29H2,1-2H3/b9-4-,10-7-,13-11-,14-12-,16-15-. The van der Waals surface area contributed by atoms with E-state index in [0.717, 1.165) is 12.8 Å². The van der Waals surface area contributed by atoms with E-state index in [-0.39, 0.29) is 5.78 Å². The number of allylic oxidation sites excluding steroid dienone is 2. The summed E-state index contributed by atoms with van der Waals surface area (Å²) in [7, 11) is 0. The number of unbranched alkanes of at least 4 members (excludes halogenated alkanes) is 1. The number of hydrogen-bond donors (Lipinski definition) is 8. The van der Waals surface area contributed by atoms with Gasteiger partial charge in [-0.25, -0.2) is 0 Å². The van der Waals surface area contributed by atoms with Gasteiger partial charge in [0.15, 0.2) is 0 Å². The first-order valence-corrected chi connectivity index (χ1v) is 9.87. The van der Waals surface area contributed by atoms with Crippen molar-refractivity contribution in [2.75, 3.05) is 0 Å². The minimum atomic E-state index is -1.39. The van der Waals surface area contributed by atoms with E-state index in [2.05, 4.69) is 0 Å². The van der Waals surface area contributed by atoms with Gasteiger partial charge in [0.1, 0.15) is 28.4 Å². The average molecular weight is 421 g/mol. The van der Waals surface area contributed by atoms with Crippen molar-refractivity contribution in [2.45, 2.75) is 62.2 Å². The highest BCUT2D eigenvalue weighted by Crippen LogP contribution is 2.08. The van der Waals surface area contributed by atoms with Crippen molar-refractivity contribution in [1.29, 1.82) is 0 Å². The third-order valence-corrected chi connectivity index (χ3v) is 3.93. The predicted octanol–water partition coefficient (Wildman–Crippen LogP) is -0.608. The van der Waals surface area contributed by atoms with Gasteiger partial charge in [-0.1, -0.05) is 31.2 Å². The molecule has 0 bridgehead atoms. The van der Waals surface area contributed by atoms with Crippen molar-refractivity contribution < 1.29 is 4.79 Å². The maximum Gasteiger partial charge on any atom is 0.129 e. The second-order valence-corrected chi connectivity index (χ2v) is 7.81. The van der Waals surface area contributed by atoms with E-state index in [1.54, 1.807) is 19.1 Å². The zero-order valence-electron chi connectivity index (χ0n) is 18.1. The van der Waals surface area contributed by atoms with Gasteiger partial charge in [-0.15, -0.1) is 0 Å². The second-order valence-electron chi connectivity index (χ2n) is 7.81. The van der Waals surface area contributed by atoms with Crippen LogP contribution in [0.15, 0.2) is 60.8 Å². The Morgan fingerprint density at radius 2 is 0.967 bits per heavy atom. The Morgan fingerprint density at radius 1 is 0.633 bits per heavy atom. The summed E-state index contributed by atoms with van der Waals surface area (Å²) in [6.45, 7) is 3.52. The molecule has 0 aromatic rings. The van der Waals surface area contributed by atoms with Crippen LogP contribution < -0.4 is 45.9 Å². The smallest absolute Gasteiger partial charge is 0.129 e. The molecule has 0 unspecified atom stereocenters. The quantitative estimate of drug-likeness (QED) is 0.108. The van der Waals surface area contributed by atoms with E-state index < -0.39 is 22.7 Å². The number of nitrogens with two attached hydrogens (primary N) is 8. The van der Waals surface area contributed by atoms with E-state index in [9.17, 15) is 4.79 Å². The SMILES string of the molecule is CC/C=C\C(N)(N)/C=C\C(N)(N)/C=C\C(N)(N)/C=C\C(N)(N)/C=C\CCCC(C)=O. The Kier molecular flexibility index (Phi) is 11.3. The van der Waals surface area contributed by atoms with Crippen molar-refractivity contribution >= 4 is 5.78 Å². The second kappa shape index (κ2) is 12.0. The lowest BCUT2D eigenvalue weighted by molar-refractivity contribution is -0.117. The topological polar surface area (TPSA) is 225 Å². The fourth-order valence-electron chi connectivity index (χ4n) is 2.17. The fourth-order valence-corrected chi connectivity index (χ4v) is 2.17. The molecule has 0 fully saturated rings. The van der Waals surface area contributed by atoms with Gasteiger partial charge in [0, 0.05) is 6.42 Å². The van der Waals surface area contributed by atoms with Crippen molar-refractivity contribution in [1.82, 2.24) is 0 Å². The van der Waals surface area contributed by atoms with Crippen LogP contribution in [0.1, 0.15) is 39.5 Å². The Bertz CT molecular complexity index is 685. The highest BCUT2D eigenvalue weighted by molar-refractivity contribution is 5.75. The molecule has 0 spiro atoms. The lowest BCUT2D eigenvalue weighted by Gasteiger charge is -2.23. The Labute approximate surface area is 179 Å². The van der Waals surface area contributed by atoms with Gasteiger partial charge >= 0.3 is 0 Å². The number of Topliss-reactive ketones (excluding diaryl/α,β-unsaturated/α-hetero) is 1. The number of hydrogen-bond acceptors (Lipinski definition) is 9. The molecule has 0 aliphatic rings. The summed E-state index contributed by atoms with van der Waals surface area (Å²) < 4.78 is 0. The predicted molar refractivity (Wildman–Crippen MR) is 125 cm³/mol. The lowest BCUT2D eigenvalue weighted by atomic mass is 10.0. The van der Waals surface area contributed by atoms with Crippen LogP contribution >= 0.6 is 0 Å². The van der Waals surface area contributed by atoms with Gasteiger partial charge in [0.25, 0.3) is 0 Å². The summed E-state index contributed by atoms with van der Waals surface area (Å²) in [6, 6.07) is 0. The van der Waals surface area contributed by atoms with Crippen LogP contribution in [0.2, 0.25) is 0 Å². The molecule has 0 saturated heterocycles. The third-order valence-electron chi connectivity index (χ3n) is 3.93. The van der Waals surface area contributed by atoms with Gasteiger partial charge in [-0.05, 0) is 62.6 Å². The molecular weight excluding hydrogens is 380 g/mol. The van der Waals surface area contributed by atoms with Crippen LogP contribution in [0, 0.1) is 0 Å². The normalized spacial score (nSPS) is 15.0. The van der Waals surface area contributed by atoms with Crippen LogP contribution in [-0.4, -0.2) is 28.4 Å². The molecule has 0 aliphatic heterocycles. The van der Waals surface area contributed by atoms with Gasteiger partial charge in [0.2, 0.25) is 0 Å². The molecule has 170 valence electrons. The summed E-state index contributed by atoms with van der Waals surface area (Å²) in [6.07, 6.45) is 18.4. The molecule has 0 aromatic heterocycles. The first kappa shape index (κ1) is 28.1. The van der Waals surface area contributed by atoms with Crippen LogP contribution in [0.3, 0.4) is 0 Å². The minimum Gasteiger partial charge on any atom is -0.307 e. The number of carbonyl (C=O) groups excluding carboxylic acids is 1. The molecule has 9 nitrogen and oxygen atoms in total. The zero-order chi connectivity index (χ0) is 23.5. The monoisotopic (exact) mass is 420 g/mol. The largest absolute Gasteiger partial charge is 0.307 e. The summed E-state index contributed by atoms with van der Waals surface area (Å²) in [5.41, 5.74) is 42.7. The van der Waals surface area contributed by atoms with Crippen LogP contribution in [-0.2, 0) is 4.79 Å². The van der Waals surface area contributed by atoms with Crippen molar-refractivity contribution in [3.8, 4) is 0 Å². The van der Waals surface area contributed by atoms with Gasteiger partial charge in [0.05, 0.1) is 0 Å². The Balaban J connectivity index is 5.01. The van der Waals surface area contributed by atoms with E-state index in [0.29, 0.717) is 12.8 Å². The number of ketones is 1. The molecular formula is C21H40N8O. The van der Waals surface area contributed by atoms with E-state index in [1.807, 2.05) is 19.1 Å². The van der Waals surface area contributed by atoms with E-state index in [4.69, 9.17) is 45.9 Å². The molecule has 9 heteroatoms. The molecule has 30 heavy (non-hydrogen) atoms. The maximum atomic E-state index is 10.9. The highest BCUT2D eigenvalue weighted by atomic mass is 16.1. The van der Waals surface area contributed by atoms with Gasteiger partial charge in [-0.3, -0.25) is 0 Å². The van der Waals surface area contributed by atoms with Crippen molar-refractivity contribution in [3.05, 3.63) is 60.8 Å². The van der Waals surface area contributed by atoms with Crippen LogP contribution in [0.25, 0.3) is 0 Å². The van der Waals surface area contributed by atoms with E-state index >= 15 is 0 Å². The summed E-state index contributed by atoms with van der Waals surface area (Å²) in [5, 5.41) is 0. The zero-order valence-corrected chi connectivity index (χ0v) is 18.1. The molecule has 0 amide bonds. The summed E-state index contributed by atoms with van der Waals surface area (Å²) in [4.78, 5) is 10.9. The van der Waals surface area contributed by atoms with Gasteiger partial charge in [-0.2, -0.15) is 0 Å². The number of rotatable bonds is 13. The average Bonchev–Trinajstić information content (AvgIpc) is 2.62. The first-order valence-electron chi connectivity index (χ1n) is 9.87. The van der Waals surface area contributed by atoms with Crippen LogP contribution in [0.5, 0.6) is 0 Å². The number of carbonyl (C=O) groups is 1. The molecule has 0 atom stereocenters.